The first-order valence-corrected chi connectivity index (χ1v) is 7.83. The lowest BCUT2D eigenvalue weighted by molar-refractivity contribution is -0.121. The van der Waals surface area contributed by atoms with E-state index in [9.17, 15) is 9.59 Å². The zero-order valence-corrected chi connectivity index (χ0v) is 12.2. The maximum Gasteiger partial charge on any atom is 0.220 e. The molecule has 0 atom stereocenters. The molecule has 1 aliphatic carbocycles. The third-order valence-corrected chi connectivity index (χ3v) is 4.90. The molecule has 1 saturated carbocycles. The van der Waals surface area contributed by atoms with Crippen LogP contribution in [0.15, 0.2) is 12.1 Å². The van der Waals surface area contributed by atoms with Gasteiger partial charge >= 0.3 is 0 Å². The van der Waals surface area contributed by atoms with Crippen molar-refractivity contribution < 1.29 is 9.59 Å². The lowest BCUT2D eigenvalue weighted by Crippen LogP contribution is -2.26. The van der Waals surface area contributed by atoms with Gasteiger partial charge in [-0.1, -0.05) is 12.8 Å². The molecule has 2 rings (SSSR count). The van der Waals surface area contributed by atoms with Gasteiger partial charge in [0.1, 0.15) is 0 Å². The summed E-state index contributed by atoms with van der Waals surface area (Å²) in [6, 6.07) is 3.84. The van der Waals surface area contributed by atoms with Crippen molar-refractivity contribution in [1.82, 2.24) is 5.32 Å². The van der Waals surface area contributed by atoms with Gasteiger partial charge in [-0.3, -0.25) is 9.59 Å². The predicted molar refractivity (Wildman–Crippen MR) is 77.6 cm³/mol. The lowest BCUT2D eigenvalue weighted by atomic mass is 10.0. The number of carbonyl (C=O) groups excluding carboxylic acids is 2. The molecule has 0 unspecified atom stereocenters. The minimum Gasteiger partial charge on any atom is -0.356 e. The average Bonchev–Trinajstić information content (AvgIpc) is 3.00. The van der Waals surface area contributed by atoms with Crippen LogP contribution in [0.2, 0.25) is 0 Å². The maximum absolute atomic E-state index is 11.7. The summed E-state index contributed by atoms with van der Waals surface area (Å²) >= 11 is 1.52. The molecule has 0 aliphatic heterocycles. The third kappa shape index (κ3) is 4.46. The van der Waals surface area contributed by atoms with E-state index in [2.05, 4.69) is 5.32 Å². The third-order valence-electron chi connectivity index (χ3n) is 3.65. The molecule has 1 aliphatic rings. The lowest BCUT2D eigenvalue weighted by Gasteiger charge is -2.08. The molecule has 1 aromatic rings. The number of nitrogens with one attached hydrogen (secondary N) is 1. The Morgan fingerprint density at radius 2 is 2.05 bits per heavy atom. The number of thiophene rings is 1. The van der Waals surface area contributed by atoms with E-state index >= 15 is 0 Å². The zero-order chi connectivity index (χ0) is 13.7. The van der Waals surface area contributed by atoms with E-state index in [-0.39, 0.29) is 11.7 Å². The summed E-state index contributed by atoms with van der Waals surface area (Å²) in [5, 5.41) is 2.98. The van der Waals surface area contributed by atoms with Gasteiger partial charge in [-0.15, -0.1) is 11.3 Å². The van der Waals surface area contributed by atoms with E-state index in [1.165, 1.54) is 37.0 Å². The Morgan fingerprint density at radius 3 is 2.68 bits per heavy atom. The van der Waals surface area contributed by atoms with Crippen LogP contribution in [0, 0.1) is 5.92 Å². The molecule has 19 heavy (non-hydrogen) atoms. The Kier molecular flexibility index (Phi) is 5.14. The van der Waals surface area contributed by atoms with Crippen molar-refractivity contribution in [2.45, 2.75) is 45.4 Å². The highest BCUT2D eigenvalue weighted by molar-refractivity contribution is 7.14. The van der Waals surface area contributed by atoms with Gasteiger partial charge < -0.3 is 5.32 Å². The van der Waals surface area contributed by atoms with Crippen LogP contribution in [0.1, 0.15) is 53.6 Å². The van der Waals surface area contributed by atoms with Crippen LogP contribution in [0.4, 0.5) is 0 Å². The molecule has 1 N–H and O–H groups in total. The second-order valence-electron chi connectivity index (χ2n) is 5.28. The number of rotatable bonds is 6. The van der Waals surface area contributed by atoms with Crippen molar-refractivity contribution >= 4 is 23.0 Å². The van der Waals surface area contributed by atoms with Crippen LogP contribution in [-0.2, 0) is 11.2 Å². The zero-order valence-electron chi connectivity index (χ0n) is 11.4. The van der Waals surface area contributed by atoms with Crippen molar-refractivity contribution in [1.29, 1.82) is 0 Å². The summed E-state index contributed by atoms with van der Waals surface area (Å²) in [4.78, 5) is 24.9. The van der Waals surface area contributed by atoms with Gasteiger partial charge in [-0.25, -0.2) is 0 Å². The quantitative estimate of drug-likeness (QED) is 0.813. The molecule has 3 nitrogen and oxygen atoms in total. The molecule has 1 fully saturated rings. The highest BCUT2D eigenvalue weighted by Crippen LogP contribution is 2.27. The molecule has 1 amide bonds. The smallest absolute Gasteiger partial charge is 0.220 e. The summed E-state index contributed by atoms with van der Waals surface area (Å²) in [6.07, 6.45) is 6.47. The van der Waals surface area contributed by atoms with Gasteiger partial charge in [0.05, 0.1) is 4.88 Å². The number of hydrogen-bond acceptors (Lipinski definition) is 3. The normalized spacial score (nSPS) is 15.6. The molecule has 104 valence electrons. The highest BCUT2D eigenvalue weighted by Gasteiger charge is 2.18. The summed E-state index contributed by atoms with van der Waals surface area (Å²) in [5.74, 6) is 0.891. The largest absolute Gasteiger partial charge is 0.356 e. The SMILES string of the molecule is CC(=O)c1ccc(CCNC(=O)CC2CCCC2)s1. The number of hydrogen-bond donors (Lipinski definition) is 1. The fourth-order valence-electron chi connectivity index (χ4n) is 2.58. The van der Waals surface area contributed by atoms with Crippen molar-refractivity contribution in [2.24, 2.45) is 5.92 Å². The second kappa shape index (κ2) is 6.85. The number of ketones is 1. The van der Waals surface area contributed by atoms with Crippen molar-refractivity contribution in [3.8, 4) is 0 Å². The van der Waals surface area contributed by atoms with E-state index in [1.807, 2.05) is 12.1 Å². The first kappa shape index (κ1) is 14.3. The molecule has 4 heteroatoms. The minimum absolute atomic E-state index is 0.113. The molecule has 0 radical (unpaired) electrons. The van der Waals surface area contributed by atoms with Gasteiger partial charge in [0.25, 0.3) is 0 Å². The Hall–Kier alpha value is -1.16. The molecular formula is C15H21NO2S. The van der Waals surface area contributed by atoms with E-state index in [0.717, 1.165) is 16.2 Å². The standard InChI is InChI=1S/C15H21NO2S/c1-11(17)14-7-6-13(19-14)8-9-16-15(18)10-12-4-2-3-5-12/h6-7,12H,2-5,8-10H2,1H3,(H,16,18). The van der Waals surface area contributed by atoms with Crippen LogP contribution in [0.5, 0.6) is 0 Å². The van der Waals surface area contributed by atoms with Crippen molar-refractivity contribution in [3.05, 3.63) is 21.9 Å². The number of carbonyl (C=O) groups is 2. The number of amides is 1. The minimum atomic E-state index is 0.113. The first-order chi connectivity index (χ1) is 9.15. The van der Waals surface area contributed by atoms with Crippen LogP contribution < -0.4 is 5.32 Å². The summed E-state index contributed by atoms with van der Waals surface area (Å²) < 4.78 is 0. The van der Waals surface area contributed by atoms with Gasteiger partial charge in [0, 0.05) is 17.8 Å². The van der Waals surface area contributed by atoms with Crippen LogP contribution >= 0.6 is 11.3 Å². The Bertz CT molecular complexity index is 447. The molecular weight excluding hydrogens is 258 g/mol. The summed E-state index contributed by atoms with van der Waals surface area (Å²) in [5.41, 5.74) is 0. The molecule has 0 saturated heterocycles. The van der Waals surface area contributed by atoms with Crippen molar-refractivity contribution in [3.63, 3.8) is 0 Å². The predicted octanol–water partition coefficient (Wildman–Crippen LogP) is 3.19. The van der Waals surface area contributed by atoms with E-state index in [1.54, 1.807) is 6.92 Å². The van der Waals surface area contributed by atoms with Gasteiger partial charge in [0.15, 0.2) is 5.78 Å². The maximum atomic E-state index is 11.7. The fraction of sp³-hybridized carbons (Fsp3) is 0.600. The van der Waals surface area contributed by atoms with E-state index in [0.29, 0.717) is 18.9 Å². The topological polar surface area (TPSA) is 46.2 Å². The van der Waals surface area contributed by atoms with Crippen LogP contribution in [0.25, 0.3) is 0 Å². The first-order valence-electron chi connectivity index (χ1n) is 7.01. The fourth-order valence-corrected chi connectivity index (χ4v) is 3.48. The highest BCUT2D eigenvalue weighted by atomic mass is 32.1. The number of Topliss-reactive ketones (excluding diaryl/α,β-unsaturated/α-hetero) is 1. The molecule has 1 heterocycles. The Labute approximate surface area is 118 Å². The summed E-state index contributed by atoms with van der Waals surface area (Å²) in [6.45, 7) is 2.25. The van der Waals surface area contributed by atoms with Gasteiger partial charge in [-0.05, 0) is 44.2 Å². The Morgan fingerprint density at radius 1 is 1.32 bits per heavy atom. The Balaban J connectivity index is 1.67. The molecule has 0 aromatic carbocycles. The van der Waals surface area contributed by atoms with E-state index < -0.39 is 0 Å². The average molecular weight is 279 g/mol. The van der Waals surface area contributed by atoms with Gasteiger partial charge in [-0.2, -0.15) is 0 Å². The summed E-state index contributed by atoms with van der Waals surface area (Å²) in [7, 11) is 0. The second-order valence-corrected chi connectivity index (χ2v) is 6.45. The van der Waals surface area contributed by atoms with E-state index in [4.69, 9.17) is 0 Å². The van der Waals surface area contributed by atoms with Crippen molar-refractivity contribution in [2.75, 3.05) is 6.54 Å². The van der Waals surface area contributed by atoms with Crippen LogP contribution in [-0.4, -0.2) is 18.2 Å². The molecule has 1 aromatic heterocycles. The van der Waals surface area contributed by atoms with Gasteiger partial charge in [0.2, 0.25) is 5.91 Å². The monoisotopic (exact) mass is 279 g/mol. The molecule has 0 spiro atoms. The van der Waals surface area contributed by atoms with Crippen LogP contribution in [0.3, 0.4) is 0 Å². The molecule has 0 bridgehead atoms.